The maximum Gasteiger partial charge on any atom is 0.262 e. The largest absolute Gasteiger partial charge is 0.373 e. The second-order valence-electron chi connectivity index (χ2n) is 7.69. The third kappa shape index (κ3) is 3.69. The van der Waals surface area contributed by atoms with Crippen molar-refractivity contribution in [2.75, 3.05) is 18.9 Å². The minimum atomic E-state index is -1.73. The quantitative estimate of drug-likeness (QED) is 0.467. The number of pyridine rings is 1. The Hall–Kier alpha value is -4.19. The zero-order chi connectivity index (χ0) is 23.2. The number of halogens is 1. The Morgan fingerprint density at radius 1 is 1.12 bits per heavy atom. The molecule has 1 fully saturated rings. The van der Waals surface area contributed by atoms with Crippen LogP contribution in [-0.4, -0.2) is 59.4 Å². The topological polar surface area (TPSA) is 135 Å². The van der Waals surface area contributed by atoms with E-state index >= 15 is 0 Å². The molecule has 4 aromatic heterocycles. The van der Waals surface area contributed by atoms with Crippen molar-refractivity contribution in [3.63, 3.8) is 0 Å². The van der Waals surface area contributed by atoms with E-state index in [-0.39, 0.29) is 23.9 Å². The monoisotopic (exact) mass is 450 g/mol. The van der Waals surface area contributed by atoms with Gasteiger partial charge in [0.15, 0.2) is 11.6 Å². The van der Waals surface area contributed by atoms with Crippen molar-refractivity contribution < 1.29 is 18.8 Å². The van der Waals surface area contributed by atoms with Crippen LogP contribution in [-0.2, 0) is 17.4 Å². The number of nitrogens with zero attached hydrogens (tertiary/aromatic N) is 7. The second-order valence-corrected chi connectivity index (χ2v) is 7.69. The van der Waals surface area contributed by atoms with Crippen molar-refractivity contribution in [1.29, 1.82) is 0 Å². The molecule has 168 valence electrons. The average Bonchev–Trinajstić information content (AvgIpc) is 3.50. The molecule has 4 aromatic rings. The van der Waals surface area contributed by atoms with E-state index in [1.165, 1.54) is 24.1 Å². The van der Waals surface area contributed by atoms with E-state index in [1.54, 1.807) is 37.5 Å². The summed E-state index contributed by atoms with van der Waals surface area (Å²) in [6.07, 6.45) is 1.77. The number of hydrogen-bond donors (Lipinski definition) is 2. The molecule has 1 aliphatic rings. The van der Waals surface area contributed by atoms with Crippen LogP contribution < -0.4 is 5.32 Å². The standard InChI is InChI=1S/C21H19FN8O3/c1-29-9-7-21(32,19(29)31)16-10-15(28-33-16)13-5-3-4-12(24-13)14-6-8-23-20(25-14)26-18-11-17(22)30(2)27-18/h3-6,8,10-11,32H,7,9H2,1-2H3,(H,23,25,26,27)/t21-/m1/s1. The van der Waals surface area contributed by atoms with E-state index in [2.05, 4.69) is 30.5 Å². The Labute approximate surface area is 186 Å². The molecular formula is C21H19FN8O3. The highest BCUT2D eigenvalue weighted by atomic mass is 19.1. The van der Waals surface area contributed by atoms with Gasteiger partial charge < -0.3 is 19.8 Å². The Morgan fingerprint density at radius 2 is 1.88 bits per heavy atom. The third-order valence-electron chi connectivity index (χ3n) is 5.42. The Balaban J connectivity index is 1.41. The lowest BCUT2D eigenvalue weighted by molar-refractivity contribution is -0.144. The van der Waals surface area contributed by atoms with E-state index in [0.29, 0.717) is 29.3 Å². The Bertz CT molecular complexity index is 1330. The fourth-order valence-electron chi connectivity index (χ4n) is 3.57. The molecule has 0 radical (unpaired) electrons. The summed E-state index contributed by atoms with van der Waals surface area (Å²) in [6, 6.07) is 9.71. The van der Waals surface area contributed by atoms with Gasteiger partial charge in [0, 0.05) is 45.4 Å². The number of amides is 1. The summed E-state index contributed by atoms with van der Waals surface area (Å²) in [6.45, 7) is 0.425. The first-order valence-electron chi connectivity index (χ1n) is 10.1. The van der Waals surface area contributed by atoms with Crippen LogP contribution in [0.5, 0.6) is 0 Å². The van der Waals surface area contributed by atoms with Gasteiger partial charge in [0.05, 0.1) is 17.1 Å². The molecule has 33 heavy (non-hydrogen) atoms. The molecule has 1 aliphatic heterocycles. The van der Waals surface area contributed by atoms with E-state index in [0.717, 1.165) is 4.68 Å². The van der Waals surface area contributed by atoms with Gasteiger partial charge in [-0.3, -0.25) is 4.79 Å². The van der Waals surface area contributed by atoms with Crippen LogP contribution in [0.2, 0.25) is 0 Å². The van der Waals surface area contributed by atoms with Crippen molar-refractivity contribution >= 4 is 17.7 Å². The molecule has 0 aromatic carbocycles. The van der Waals surface area contributed by atoms with Gasteiger partial charge in [-0.25, -0.2) is 19.6 Å². The Morgan fingerprint density at radius 3 is 2.58 bits per heavy atom. The van der Waals surface area contributed by atoms with Crippen molar-refractivity contribution in [2.45, 2.75) is 12.0 Å². The van der Waals surface area contributed by atoms with E-state index in [4.69, 9.17) is 4.52 Å². The minimum absolute atomic E-state index is 0.0789. The summed E-state index contributed by atoms with van der Waals surface area (Å²) in [4.78, 5) is 26.9. The molecule has 0 aliphatic carbocycles. The maximum atomic E-state index is 13.5. The Kier molecular flexibility index (Phi) is 4.86. The summed E-state index contributed by atoms with van der Waals surface area (Å²) in [5, 5.41) is 21.6. The van der Waals surface area contributed by atoms with Crippen LogP contribution in [0.3, 0.4) is 0 Å². The van der Waals surface area contributed by atoms with Gasteiger partial charge in [0.2, 0.25) is 17.5 Å². The van der Waals surface area contributed by atoms with Crippen LogP contribution in [0.1, 0.15) is 12.2 Å². The average molecular weight is 450 g/mol. The summed E-state index contributed by atoms with van der Waals surface area (Å²) in [5.74, 6) is -0.344. The molecule has 1 saturated heterocycles. The van der Waals surface area contributed by atoms with Crippen LogP contribution in [0.4, 0.5) is 16.2 Å². The number of aromatic nitrogens is 6. The van der Waals surface area contributed by atoms with Gasteiger partial charge in [-0.15, -0.1) is 0 Å². The van der Waals surface area contributed by atoms with Crippen LogP contribution in [0.15, 0.2) is 47.1 Å². The minimum Gasteiger partial charge on any atom is -0.373 e. The number of aliphatic hydroxyl groups is 1. The van der Waals surface area contributed by atoms with Crippen molar-refractivity contribution in [3.05, 3.63) is 54.3 Å². The van der Waals surface area contributed by atoms with E-state index < -0.39 is 17.5 Å². The zero-order valence-electron chi connectivity index (χ0n) is 17.7. The predicted molar refractivity (Wildman–Crippen MR) is 113 cm³/mol. The number of carbonyl (C=O) groups excluding carboxylic acids is 1. The van der Waals surface area contributed by atoms with Gasteiger partial charge in [-0.1, -0.05) is 11.2 Å². The maximum absolute atomic E-state index is 13.5. The lowest BCUT2D eigenvalue weighted by Crippen LogP contribution is -2.35. The molecule has 0 unspecified atom stereocenters. The summed E-state index contributed by atoms with van der Waals surface area (Å²) in [5.41, 5.74) is 0.171. The van der Waals surface area contributed by atoms with Gasteiger partial charge in [-0.2, -0.15) is 9.49 Å². The number of rotatable bonds is 5. The molecule has 2 N–H and O–H groups in total. The number of likely N-dealkylation sites (N-methyl/N-ethyl adjacent to an activating group) is 1. The predicted octanol–water partition coefficient (Wildman–Crippen LogP) is 1.86. The SMILES string of the molecule is CN1CC[C@@](O)(c2cc(-c3cccc(-c4ccnc(Nc5cc(F)n(C)n5)n4)n3)no2)C1=O. The van der Waals surface area contributed by atoms with Gasteiger partial charge in [0.1, 0.15) is 5.69 Å². The highest BCUT2D eigenvalue weighted by molar-refractivity contribution is 5.87. The summed E-state index contributed by atoms with van der Waals surface area (Å²) < 4.78 is 19.9. The molecule has 11 nitrogen and oxygen atoms in total. The third-order valence-corrected chi connectivity index (χ3v) is 5.42. The first kappa shape index (κ1) is 20.7. The number of aryl methyl sites for hydroxylation is 1. The van der Waals surface area contributed by atoms with E-state index in [1.807, 2.05) is 0 Å². The lowest BCUT2D eigenvalue weighted by Gasteiger charge is -2.16. The summed E-state index contributed by atoms with van der Waals surface area (Å²) >= 11 is 0. The van der Waals surface area contributed by atoms with Gasteiger partial charge >= 0.3 is 0 Å². The first-order valence-corrected chi connectivity index (χ1v) is 10.1. The molecule has 1 amide bonds. The van der Waals surface area contributed by atoms with Crippen molar-refractivity contribution in [1.82, 2.24) is 34.8 Å². The molecule has 1 atom stereocenters. The lowest BCUT2D eigenvalue weighted by atomic mass is 9.98. The molecule has 0 spiro atoms. The number of nitrogens with one attached hydrogen (secondary N) is 1. The number of likely N-dealkylation sites (tertiary alicyclic amines) is 1. The molecule has 0 saturated carbocycles. The van der Waals surface area contributed by atoms with Crippen LogP contribution in [0.25, 0.3) is 22.8 Å². The highest BCUT2D eigenvalue weighted by Gasteiger charge is 2.48. The number of hydrogen-bond acceptors (Lipinski definition) is 9. The fraction of sp³-hybridized carbons (Fsp3) is 0.238. The highest BCUT2D eigenvalue weighted by Crippen LogP contribution is 2.34. The molecular weight excluding hydrogens is 431 g/mol. The van der Waals surface area contributed by atoms with E-state index in [9.17, 15) is 14.3 Å². The fourth-order valence-corrected chi connectivity index (χ4v) is 3.57. The smallest absolute Gasteiger partial charge is 0.262 e. The number of anilines is 2. The second kappa shape index (κ2) is 7.74. The van der Waals surface area contributed by atoms with Crippen LogP contribution in [0, 0.1) is 5.95 Å². The molecule has 0 bridgehead atoms. The molecule has 12 heteroatoms. The van der Waals surface area contributed by atoms with Gasteiger partial charge in [-0.05, 0) is 18.2 Å². The molecule has 5 rings (SSSR count). The van der Waals surface area contributed by atoms with Crippen LogP contribution >= 0.6 is 0 Å². The van der Waals surface area contributed by atoms with Gasteiger partial charge in [0.25, 0.3) is 5.91 Å². The van der Waals surface area contributed by atoms with Crippen molar-refractivity contribution in [2.24, 2.45) is 7.05 Å². The summed E-state index contributed by atoms with van der Waals surface area (Å²) in [7, 11) is 3.11. The normalized spacial score (nSPS) is 18.2. The van der Waals surface area contributed by atoms with Crippen molar-refractivity contribution in [3.8, 4) is 22.8 Å². The molecule has 5 heterocycles. The first-order chi connectivity index (χ1) is 15.8. The zero-order valence-corrected chi connectivity index (χ0v) is 17.7. The number of carbonyl (C=O) groups is 1.